The van der Waals surface area contributed by atoms with E-state index in [1.807, 2.05) is 0 Å². The molecule has 0 aliphatic carbocycles. The van der Waals surface area contributed by atoms with Crippen LogP contribution < -0.4 is 4.74 Å². The summed E-state index contributed by atoms with van der Waals surface area (Å²) in [6.45, 7) is 3.28. The van der Waals surface area contributed by atoms with Gasteiger partial charge in [-0.25, -0.2) is 9.18 Å². The molecule has 0 spiro atoms. The number of benzene rings is 1. The van der Waals surface area contributed by atoms with Gasteiger partial charge in [-0.15, -0.1) is 0 Å². The van der Waals surface area contributed by atoms with Crippen LogP contribution >= 0.6 is 0 Å². The second-order valence-electron chi connectivity index (χ2n) is 5.08. The maximum atomic E-state index is 13.8. The molecule has 0 atom stereocenters. The summed E-state index contributed by atoms with van der Waals surface area (Å²) in [7, 11) is 0. The molecule has 2 rings (SSSR count). The smallest absolute Gasteiger partial charge is 0.328 e. The lowest BCUT2D eigenvalue weighted by atomic mass is 10.1. The first kappa shape index (κ1) is 15.5. The zero-order valence-corrected chi connectivity index (χ0v) is 11.9. The zero-order valence-electron chi connectivity index (χ0n) is 11.9. The number of para-hydroxylation sites is 1. The molecule has 1 aliphatic rings. The molecule has 0 radical (unpaired) electrons. The molecule has 0 aromatic heterocycles. The Morgan fingerprint density at radius 2 is 2.10 bits per heavy atom. The van der Waals surface area contributed by atoms with Crippen molar-refractivity contribution in [2.75, 3.05) is 26.2 Å². The number of carboxylic acids is 1. The molecular weight excluding hydrogens is 273 g/mol. The third-order valence-corrected chi connectivity index (χ3v) is 3.51. The Labute approximate surface area is 123 Å². The number of nitrogens with zero attached hydrogens (tertiary/aromatic N) is 1. The molecule has 1 heterocycles. The predicted molar refractivity (Wildman–Crippen MR) is 78.9 cm³/mol. The minimum absolute atomic E-state index is 0.118. The SMILES string of the molecule is O=C(O)/C=C/c1cccc(F)c1OCCN1CCCCC1. The van der Waals surface area contributed by atoms with E-state index in [2.05, 4.69) is 4.90 Å². The van der Waals surface area contributed by atoms with Gasteiger partial charge >= 0.3 is 5.97 Å². The lowest BCUT2D eigenvalue weighted by molar-refractivity contribution is -0.131. The van der Waals surface area contributed by atoms with Crippen molar-refractivity contribution in [3.05, 3.63) is 35.7 Å². The summed E-state index contributed by atoms with van der Waals surface area (Å²) in [5.41, 5.74) is 0.441. The monoisotopic (exact) mass is 293 g/mol. The highest BCUT2D eigenvalue weighted by Gasteiger charge is 2.12. The largest absolute Gasteiger partial charge is 0.489 e. The van der Waals surface area contributed by atoms with Crippen LogP contribution in [-0.4, -0.2) is 42.2 Å². The van der Waals surface area contributed by atoms with Crippen molar-refractivity contribution < 1.29 is 19.0 Å². The van der Waals surface area contributed by atoms with Crippen molar-refractivity contribution in [2.45, 2.75) is 19.3 Å². The highest BCUT2D eigenvalue weighted by Crippen LogP contribution is 2.24. The topological polar surface area (TPSA) is 49.8 Å². The maximum Gasteiger partial charge on any atom is 0.328 e. The van der Waals surface area contributed by atoms with Crippen LogP contribution in [0.1, 0.15) is 24.8 Å². The summed E-state index contributed by atoms with van der Waals surface area (Å²) in [6, 6.07) is 4.49. The van der Waals surface area contributed by atoms with Crippen molar-refractivity contribution in [3.63, 3.8) is 0 Å². The molecule has 21 heavy (non-hydrogen) atoms. The van der Waals surface area contributed by atoms with E-state index in [1.54, 1.807) is 6.07 Å². The first-order valence-corrected chi connectivity index (χ1v) is 7.21. The highest BCUT2D eigenvalue weighted by molar-refractivity contribution is 5.85. The Bertz CT molecular complexity index is 510. The Morgan fingerprint density at radius 1 is 1.33 bits per heavy atom. The van der Waals surface area contributed by atoms with E-state index >= 15 is 0 Å². The van der Waals surface area contributed by atoms with Gasteiger partial charge in [-0.1, -0.05) is 18.6 Å². The molecule has 0 saturated carbocycles. The Balaban J connectivity index is 1.96. The van der Waals surface area contributed by atoms with Gasteiger partial charge in [-0.2, -0.15) is 0 Å². The zero-order chi connectivity index (χ0) is 15.1. The molecule has 1 aromatic rings. The van der Waals surface area contributed by atoms with Crippen LogP contribution in [0, 0.1) is 5.82 Å². The second-order valence-corrected chi connectivity index (χ2v) is 5.08. The number of hydrogen-bond donors (Lipinski definition) is 1. The van der Waals surface area contributed by atoms with Crippen molar-refractivity contribution in [1.29, 1.82) is 0 Å². The first-order valence-electron chi connectivity index (χ1n) is 7.21. The second kappa shape index (κ2) is 7.78. The van der Waals surface area contributed by atoms with Crippen LogP contribution in [0.3, 0.4) is 0 Å². The van der Waals surface area contributed by atoms with Crippen LogP contribution in [0.15, 0.2) is 24.3 Å². The van der Waals surface area contributed by atoms with Crippen LogP contribution in [-0.2, 0) is 4.79 Å². The van der Waals surface area contributed by atoms with Crippen molar-refractivity contribution in [2.24, 2.45) is 0 Å². The molecule has 1 aromatic carbocycles. The number of hydrogen-bond acceptors (Lipinski definition) is 3. The lowest BCUT2D eigenvalue weighted by Crippen LogP contribution is -2.33. The summed E-state index contributed by atoms with van der Waals surface area (Å²) < 4.78 is 19.4. The molecule has 1 N–H and O–H groups in total. The van der Waals surface area contributed by atoms with Crippen molar-refractivity contribution in [1.82, 2.24) is 4.90 Å². The molecule has 0 bridgehead atoms. The van der Waals surface area contributed by atoms with Crippen LogP contribution in [0.4, 0.5) is 4.39 Å². The molecule has 1 saturated heterocycles. The number of halogens is 1. The van der Waals surface area contributed by atoms with E-state index in [4.69, 9.17) is 9.84 Å². The quantitative estimate of drug-likeness (QED) is 0.819. The summed E-state index contributed by atoms with van der Waals surface area (Å²) in [6.07, 6.45) is 6.00. The summed E-state index contributed by atoms with van der Waals surface area (Å²) >= 11 is 0. The molecule has 5 heteroatoms. The average Bonchev–Trinajstić information content (AvgIpc) is 2.48. The van der Waals surface area contributed by atoms with Gasteiger partial charge in [0.25, 0.3) is 0 Å². The van der Waals surface area contributed by atoms with Gasteiger partial charge in [0.1, 0.15) is 6.61 Å². The third kappa shape index (κ3) is 4.86. The van der Waals surface area contributed by atoms with Gasteiger partial charge < -0.3 is 9.84 Å². The normalized spacial score (nSPS) is 16.2. The number of piperidine rings is 1. The number of rotatable bonds is 6. The van der Waals surface area contributed by atoms with Gasteiger partial charge in [0.15, 0.2) is 11.6 Å². The predicted octanol–water partition coefficient (Wildman–Crippen LogP) is 2.79. The Morgan fingerprint density at radius 3 is 2.81 bits per heavy atom. The molecular formula is C16H20FNO3. The molecule has 0 unspecified atom stereocenters. The Hall–Kier alpha value is -1.88. The number of ether oxygens (including phenoxy) is 1. The summed E-state index contributed by atoms with van der Waals surface area (Å²) in [5.74, 6) is -1.42. The minimum atomic E-state index is -1.07. The Kier molecular flexibility index (Phi) is 5.75. The van der Waals surface area contributed by atoms with E-state index in [0.29, 0.717) is 12.2 Å². The molecule has 4 nitrogen and oxygen atoms in total. The highest BCUT2D eigenvalue weighted by atomic mass is 19.1. The van der Waals surface area contributed by atoms with Crippen molar-refractivity contribution in [3.8, 4) is 5.75 Å². The van der Waals surface area contributed by atoms with Crippen LogP contribution in [0.2, 0.25) is 0 Å². The third-order valence-electron chi connectivity index (χ3n) is 3.51. The number of carboxylic acid groups (broad SMARTS) is 1. The fraction of sp³-hybridized carbons (Fsp3) is 0.438. The fourth-order valence-electron chi connectivity index (χ4n) is 2.43. The van der Waals surface area contributed by atoms with Gasteiger partial charge in [0.05, 0.1) is 0 Å². The maximum absolute atomic E-state index is 13.8. The molecule has 1 fully saturated rings. The summed E-state index contributed by atoms with van der Waals surface area (Å²) in [5, 5.41) is 8.65. The van der Waals surface area contributed by atoms with Crippen molar-refractivity contribution >= 4 is 12.0 Å². The minimum Gasteiger partial charge on any atom is -0.489 e. The lowest BCUT2D eigenvalue weighted by Gasteiger charge is -2.26. The standard InChI is InChI=1S/C16H20FNO3/c17-14-6-4-5-13(7-8-15(19)20)16(14)21-12-11-18-9-2-1-3-10-18/h4-8H,1-3,9-12H2,(H,19,20)/b8-7+. The van der Waals surface area contributed by atoms with Crippen LogP contribution in [0.5, 0.6) is 5.75 Å². The fourth-order valence-corrected chi connectivity index (χ4v) is 2.43. The average molecular weight is 293 g/mol. The van der Waals surface area contributed by atoms with E-state index in [0.717, 1.165) is 25.7 Å². The molecule has 114 valence electrons. The molecule has 1 aliphatic heterocycles. The molecule has 0 amide bonds. The van der Waals surface area contributed by atoms with E-state index in [-0.39, 0.29) is 5.75 Å². The van der Waals surface area contributed by atoms with E-state index in [9.17, 15) is 9.18 Å². The first-order chi connectivity index (χ1) is 10.2. The van der Waals surface area contributed by atoms with Gasteiger partial charge in [-0.3, -0.25) is 4.90 Å². The van der Waals surface area contributed by atoms with Crippen LogP contribution in [0.25, 0.3) is 6.08 Å². The van der Waals surface area contributed by atoms with E-state index in [1.165, 1.54) is 37.5 Å². The number of carbonyl (C=O) groups is 1. The number of aliphatic carboxylic acids is 1. The van der Waals surface area contributed by atoms with Gasteiger partial charge in [-0.05, 0) is 38.1 Å². The summed E-state index contributed by atoms with van der Waals surface area (Å²) in [4.78, 5) is 12.9. The van der Waals surface area contributed by atoms with Gasteiger partial charge in [0, 0.05) is 18.2 Å². The van der Waals surface area contributed by atoms with Gasteiger partial charge in [0.2, 0.25) is 0 Å². The van der Waals surface area contributed by atoms with E-state index < -0.39 is 11.8 Å². The number of likely N-dealkylation sites (tertiary alicyclic amines) is 1.